The molecule has 5 heteroatoms. The number of aromatic nitrogens is 2. The summed E-state index contributed by atoms with van der Waals surface area (Å²) in [6, 6.07) is 8.13. The van der Waals surface area contributed by atoms with Crippen molar-refractivity contribution in [2.75, 3.05) is 11.1 Å². The van der Waals surface area contributed by atoms with Crippen LogP contribution in [0.5, 0.6) is 0 Å². The fourth-order valence-corrected chi connectivity index (χ4v) is 1.72. The second-order valence-corrected chi connectivity index (χ2v) is 4.24. The molecule has 5 nitrogen and oxygen atoms in total. The zero-order valence-electron chi connectivity index (χ0n) is 10.2. The topological polar surface area (TPSA) is 83.8 Å². The average Bonchev–Trinajstić information content (AvgIpc) is 2.73. The van der Waals surface area contributed by atoms with Crippen molar-refractivity contribution in [1.29, 1.82) is 0 Å². The molecule has 1 amide bonds. The highest BCUT2D eigenvalue weighted by Gasteiger charge is 2.06. The maximum absolute atomic E-state index is 11.7. The molecular weight excluding hydrogens is 228 g/mol. The summed E-state index contributed by atoms with van der Waals surface area (Å²) >= 11 is 0. The second-order valence-electron chi connectivity index (χ2n) is 4.24. The number of H-pyrrole nitrogens is 1. The molecule has 1 heterocycles. The van der Waals surface area contributed by atoms with Crippen LogP contribution in [-0.4, -0.2) is 16.1 Å². The Bertz CT molecular complexity index is 547. The maximum Gasteiger partial charge on any atom is 0.225 e. The highest BCUT2D eigenvalue weighted by molar-refractivity contribution is 5.92. The Kier molecular flexibility index (Phi) is 3.62. The van der Waals surface area contributed by atoms with E-state index in [1.54, 1.807) is 0 Å². The van der Waals surface area contributed by atoms with Crippen LogP contribution in [0.3, 0.4) is 0 Å². The zero-order valence-corrected chi connectivity index (χ0v) is 10.2. The molecular formula is C13H16N4O. The molecule has 1 aromatic carbocycles. The van der Waals surface area contributed by atoms with Gasteiger partial charge in [-0.3, -0.25) is 9.89 Å². The van der Waals surface area contributed by atoms with Crippen LogP contribution in [0.15, 0.2) is 30.5 Å². The lowest BCUT2D eigenvalue weighted by Gasteiger charge is -2.04. The maximum atomic E-state index is 11.7. The molecule has 0 radical (unpaired) electrons. The predicted molar refractivity (Wildman–Crippen MR) is 71.1 cm³/mol. The molecule has 0 saturated carbocycles. The molecule has 2 rings (SSSR count). The number of amides is 1. The van der Waals surface area contributed by atoms with Gasteiger partial charge in [0.25, 0.3) is 0 Å². The van der Waals surface area contributed by atoms with Crippen LogP contribution in [-0.2, 0) is 11.2 Å². The van der Waals surface area contributed by atoms with Crippen molar-refractivity contribution in [2.45, 2.75) is 19.8 Å². The van der Waals surface area contributed by atoms with Crippen LogP contribution in [0.4, 0.5) is 11.5 Å². The van der Waals surface area contributed by atoms with Crippen LogP contribution in [0.1, 0.15) is 17.5 Å². The van der Waals surface area contributed by atoms with E-state index in [0.29, 0.717) is 24.3 Å². The average molecular weight is 244 g/mol. The van der Waals surface area contributed by atoms with Crippen molar-refractivity contribution in [3.8, 4) is 0 Å². The first-order valence-electron chi connectivity index (χ1n) is 5.79. The van der Waals surface area contributed by atoms with Gasteiger partial charge in [-0.05, 0) is 18.9 Å². The zero-order chi connectivity index (χ0) is 13.0. The summed E-state index contributed by atoms with van der Waals surface area (Å²) in [4.78, 5) is 11.7. The third-order valence-corrected chi connectivity index (χ3v) is 2.66. The van der Waals surface area contributed by atoms with E-state index in [0.717, 1.165) is 5.56 Å². The lowest BCUT2D eigenvalue weighted by Crippen LogP contribution is -2.13. The number of nitrogens with zero attached hydrogens (tertiary/aromatic N) is 1. The van der Waals surface area contributed by atoms with Crippen molar-refractivity contribution >= 4 is 17.4 Å². The molecule has 0 saturated heterocycles. The van der Waals surface area contributed by atoms with Gasteiger partial charge < -0.3 is 11.1 Å². The largest absolute Gasteiger partial charge is 0.394 e. The van der Waals surface area contributed by atoms with Gasteiger partial charge in [0.15, 0.2) is 5.82 Å². The van der Waals surface area contributed by atoms with Crippen LogP contribution in [0.25, 0.3) is 0 Å². The van der Waals surface area contributed by atoms with Gasteiger partial charge in [0.1, 0.15) is 0 Å². The summed E-state index contributed by atoms with van der Waals surface area (Å²) in [7, 11) is 0. The Labute approximate surface area is 105 Å². The van der Waals surface area contributed by atoms with E-state index in [9.17, 15) is 4.79 Å². The second kappa shape index (κ2) is 5.35. The molecule has 0 fully saturated rings. The predicted octanol–water partition coefficient (Wildman–Crippen LogP) is 1.87. The molecule has 0 atom stereocenters. The minimum Gasteiger partial charge on any atom is -0.394 e. The van der Waals surface area contributed by atoms with E-state index < -0.39 is 0 Å². The van der Waals surface area contributed by atoms with Crippen LogP contribution in [0.2, 0.25) is 0 Å². The van der Waals surface area contributed by atoms with Gasteiger partial charge in [-0.15, -0.1) is 0 Å². The fraction of sp³-hybridized carbons (Fsp3) is 0.231. The summed E-state index contributed by atoms with van der Waals surface area (Å²) in [6.07, 6.45) is 2.60. The molecule has 2 aromatic rings. The monoisotopic (exact) mass is 244 g/mol. The van der Waals surface area contributed by atoms with Crippen molar-refractivity contribution in [3.63, 3.8) is 0 Å². The van der Waals surface area contributed by atoms with Crippen molar-refractivity contribution in [1.82, 2.24) is 10.2 Å². The first-order chi connectivity index (χ1) is 8.65. The van der Waals surface area contributed by atoms with Gasteiger partial charge in [-0.2, -0.15) is 5.10 Å². The SMILES string of the molecule is Cc1cccc(CCC(=O)Nc2[nH]ncc2N)c1. The van der Waals surface area contributed by atoms with Crippen LogP contribution in [0, 0.1) is 6.92 Å². The van der Waals surface area contributed by atoms with E-state index in [1.165, 1.54) is 11.8 Å². The molecule has 0 aliphatic rings. The summed E-state index contributed by atoms with van der Waals surface area (Å²) in [6.45, 7) is 2.04. The standard InChI is InChI=1S/C13H16N4O/c1-9-3-2-4-10(7-9)5-6-12(18)16-13-11(14)8-15-17-13/h2-4,7-8H,5-6,14H2,1H3,(H2,15,16,17,18). The lowest BCUT2D eigenvalue weighted by molar-refractivity contribution is -0.116. The van der Waals surface area contributed by atoms with Gasteiger partial charge in [-0.25, -0.2) is 0 Å². The third kappa shape index (κ3) is 3.10. The first kappa shape index (κ1) is 12.2. The number of aryl methyl sites for hydroxylation is 2. The number of hydrogen-bond donors (Lipinski definition) is 3. The Balaban J connectivity index is 1.87. The fourth-order valence-electron chi connectivity index (χ4n) is 1.72. The third-order valence-electron chi connectivity index (χ3n) is 2.66. The number of carbonyl (C=O) groups excluding carboxylic acids is 1. The molecule has 18 heavy (non-hydrogen) atoms. The normalized spacial score (nSPS) is 10.3. The Morgan fingerprint density at radius 1 is 1.50 bits per heavy atom. The number of rotatable bonds is 4. The number of anilines is 2. The Morgan fingerprint density at radius 2 is 2.33 bits per heavy atom. The van der Waals surface area contributed by atoms with E-state index in [4.69, 9.17) is 5.73 Å². The van der Waals surface area contributed by atoms with Crippen molar-refractivity contribution in [3.05, 3.63) is 41.6 Å². The van der Waals surface area contributed by atoms with E-state index in [-0.39, 0.29) is 5.91 Å². The minimum atomic E-state index is -0.0764. The number of carbonyl (C=O) groups is 1. The van der Waals surface area contributed by atoms with E-state index in [1.807, 2.05) is 25.1 Å². The Morgan fingerprint density at radius 3 is 3.00 bits per heavy atom. The number of aromatic amines is 1. The molecule has 0 bridgehead atoms. The smallest absolute Gasteiger partial charge is 0.225 e. The summed E-state index contributed by atoms with van der Waals surface area (Å²) < 4.78 is 0. The molecule has 1 aromatic heterocycles. The van der Waals surface area contributed by atoms with Crippen molar-refractivity contribution in [2.24, 2.45) is 0 Å². The van der Waals surface area contributed by atoms with Gasteiger partial charge in [0.05, 0.1) is 11.9 Å². The van der Waals surface area contributed by atoms with Gasteiger partial charge in [0, 0.05) is 6.42 Å². The minimum absolute atomic E-state index is 0.0764. The van der Waals surface area contributed by atoms with Crippen LogP contribution >= 0.6 is 0 Å². The molecule has 94 valence electrons. The quantitative estimate of drug-likeness (QED) is 0.767. The number of benzene rings is 1. The molecule has 0 aliphatic carbocycles. The molecule has 0 spiro atoms. The first-order valence-corrected chi connectivity index (χ1v) is 5.79. The number of hydrogen-bond acceptors (Lipinski definition) is 3. The lowest BCUT2D eigenvalue weighted by atomic mass is 10.1. The summed E-state index contributed by atoms with van der Waals surface area (Å²) in [5.74, 6) is 0.386. The van der Waals surface area contributed by atoms with Crippen molar-refractivity contribution < 1.29 is 4.79 Å². The van der Waals surface area contributed by atoms with E-state index >= 15 is 0 Å². The molecule has 0 aliphatic heterocycles. The van der Waals surface area contributed by atoms with E-state index in [2.05, 4.69) is 21.6 Å². The summed E-state index contributed by atoms with van der Waals surface area (Å²) in [5, 5.41) is 9.07. The van der Waals surface area contributed by atoms with Gasteiger partial charge >= 0.3 is 0 Å². The highest BCUT2D eigenvalue weighted by Crippen LogP contribution is 2.13. The van der Waals surface area contributed by atoms with Gasteiger partial charge in [0.2, 0.25) is 5.91 Å². The Hall–Kier alpha value is -2.30. The number of nitrogens with two attached hydrogens (primary N) is 1. The summed E-state index contributed by atoms with van der Waals surface area (Å²) in [5.41, 5.74) is 8.41. The van der Waals surface area contributed by atoms with Gasteiger partial charge in [-0.1, -0.05) is 29.8 Å². The highest BCUT2D eigenvalue weighted by atomic mass is 16.1. The molecule has 0 unspecified atom stereocenters. The van der Waals surface area contributed by atoms with Crippen LogP contribution < -0.4 is 11.1 Å². The molecule has 4 N–H and O–H groups in total. The number of nitrogens with one attached hydrogen (secondary N) is 2. The number of nitrogen functional groups attached to an aromatic ring is 1.